The number of halogens is 1. The molecule has 2 aromatic carbocycles. The van der Waals surface area contributed by atoms with Crippen LogP contribution in [0.2, 0.25) is 5.02 Å². The van der Waals surface area contributed by atoms with Crippen molar-refractivity contribution in [3.8, 4) is 17.0 Å². The smallest absolute Gasteiger partial charge is 0.263 e. The zero-order valence-corrected chi connectivity index (χ0v) is 18.2. The lowest BCUT2D eigenvalue weighted by atomic mass is 10.0. The fourth-order valence-corrected chi connectivity index (χ4v) is 4.11. The second-order valence-corrected chi connectivity index (χ2v) is 8.44. The van der Waals surface area contributed by atoms with Gasteiger partial charge in [-0.2, -0.15) is 5.10 Å². The summed E-state index contributed by atoms with van der Waals surface area (Å²) < 4.78 is 6.09. The van der Waals surface area contributed by atoms with E-state index in [-0.39, 0.29) is 5.91 Å². The number of hydrogen-bond acceptors (Lipinski definition) is 3. The largest absolute Gasteiger partial charge is 0.481 e. The molecule has 6 heteroatoms. The Kier molecular flexibility index (Phi) is 5.82. The summed E-state index contributed by atoms with van der Waals surface area (Å²) in [6, 6.07) is 15.5. The third kappa shape index (κ3) is 4.08. The number of benzene rings is 2. The maximum atomic E-state index is 13.2. The predicted molar refractivity (Wildman–Crippen MR) is 119 cm³/mol. The Morgan fingerprint density at radius 2 is 1.97 bits per heavy atom. The highest BCUT2D eigenvalue weighted by Crippen LogP contribution is 2.31. The lowest BCUT2D eigenvalue weighted by Crippen LogP contribution is -2.43. The molecule has 30 heavy (non-hydrogen) atoms. The number of para-hydroxylation sites is 1. The van der Waals surface area contributed by atoms with Crippen LogP contribution in [0, 0.1) is 0 Å². The van der Waals surface area contributed by atoms with E-state index in [9.17, 15) is 4.79 Å². The summed E-state index contributed by atoms with van der Waals surface area (Å²) in [5.41, 5.74) is 5.03. The maximum Gasteiger partial charge on any atom is 0.263 e. The molecular weight excluding hydrogens is 398 g/mol. The van der Waals surface area contributed by atoms with Gasteiger partial charge in [0.25, 0.3) is 5.91 Å². The number of amides is 1. The molecule has 1 atom stereocenters. The van der Waals surface area contributed by atoms with E-state index < -0.39 is 6.10 Å². The fourth-order valence-electron chi connectivity index (χ4n) is 3.92. The molecule has 2 heterocycles. The number of nitrogens with one attached hydrogen (secondary N) is 1. The fraction of sp³-hybridized carbons (Fsp3) is 0.333. The number of aromatic nitrogens is 2. The number of nitrogens with zero attached hydrogens (tertiary/aromatic N) is 2. The summed E-state index contributed by atoms with van der Waals surface area (Å²) in [5, 5.41) is 8.29. The minimum Gasteiger partial charge on any atom is -0.481 e. The molecule has 5 nitrogen and oxygen atoms in total. The van der Waals surface area contributed by atoms with Crippen LogP contribution in [-0.2, 0) is 17.8 Å². The van der Waals surface area contributed by atoms with Crippen molar-refractivity contribution in [3.05, 3.63) is 70.4 Å². The van der Waals surface area contributed by atoms with Gasteiger partial charge in [0.1, 0.15) is 5.75 Å². The zero-order valence-electron chi connectivity index (χ0n) is 17.5. The van der Waals surface area contributed by atoms with Crippen LogP contribution in [0.25, 0.3) is 11.3 Å². The highest BCUT2D eigenvalue weighted by Gasteiger charge is 2.29. The molecule has 1 unspecified atom stereocenters. The van der Waals surface area contributed by atoms with Crippen molar-refractivity contribution in [2.45, 2.75) is 45.8 Å². The van der Waals surface area contributed by atoms with E-state index in [2.05, 4.69) is 24.0 Å². The van der Waals surface area contributed by atoms with Crippen LogP contribution >= 0.6 is 11.6 Å². The number of carbonyl (C=O) groups excluding carboxylic acids is 1. The molecule has 0 spiro atoms. The Balaban J connectivity index is 1.52. The van der Waals surface area contributed by atoms with Crippen LogP contribution in [0.4, 0.5) is 0 Å². The van der Waals surface area contributed by atoms with Crippen molar-refractivity contribution < 1.29 is 9.53 Å². The monoisotopic (exact) mass is 423 g/mol. The van der Waals surface area contributed by atoms with Gasteiger partial charge >= 0.3 is 0 Å². The number of carbonyl (C=O) groups is 1. The summed E-state index contributed by atoms with van der Waals surface area (Å²) in [6.07, 6.45) is 0.178. The average Bonchev–Trinajstić information content (AvgIpc) is 3.16. The highest BCUT2D eigenvalue weighted by molar-refractivity contribution is 6.30. The first kappa shape index (κ1) is 20.5. The minimum absolute atomic E-state index is 0.0162. The molecule has 1 N–H and O–H groups in total. The molecule has 0 aliphatic carbocycles. The van der Waals surface area contributed by atoms with E-state index in [0.717, 1.165) is 40.2 Å². The standard InChI is InChI=1S/C24H26ClN3O2/c1-15(2)19-9-4-5-10-22(19)30-16(3)24(29)28-12-11-21-20(14-28)23(27-26-21)17-7-6-8-18(25)13-17/h4-10,13,15-16H,11-12,14H2,1-3H3,(H,26,27). The number of hydrogen-bond donors (Lipinski definition) is 1. The lowest BCUT2D eigenvalue weighted by Gasteiger charge is -2.30. The number of fused-ring (bicyclic) bond motifs is 1. The van der Waals surface area contributed by atoms with Crippen molar-refractivity contribution >= 4 is 17.5 Å². The van der Waals surface area contributed by atoms with Crippen molar-refractivity contribution in [2.24, 2.45) is 0 Å². The van der Waals surface area contributed by atoms with Crippen LogP contribution in [-0.4, -0.2) is 33.7 Å². The van der Waals surface area contributed by atoms with Crippen molar-refractivity contribution in [1.82, 2.24) is 15.1 Å². The van der Waals surface area contributed by atoms with Crippen molar-refractivity contribution in [3.63, 3.8) is 0 Å². The Morgan fingerprint density at radius 3 is 2.73 bits per heavy atom. The van der Waals surface area contributed by atoms with Crippen LogP contribution in [0.5, 0.6) is 5.75 Å². The molecule has 0 fully saturated rings. The lowest BCUT2D eigenvalue weighted by molar-refractivity contribution is -0.138. The Morgan fingerprint density at radius 1 is 1.17 bits per heavy atom. The van der Waals surface area contributed by atoms with Gasteiger partial charge in [0.15, 0.2) is 6.10 Å². The quantitative estimate of drug-likeness (QED) is 0.613. The van der Waals surface area contributed by atoms with Crippen molar-refractivity contribution in [1.29, 1.82) is 0 Å². The second kappa shape index (κ2) is 8.52. The first-order valence-electron chi connectivity index (χ1n) is 10.3. The van der Waals surface area contributed by atoms with Gasteiger partial charge in [0.2, 0.25) is 0 Å². The number of rotatable bonds is 5. The molecule has 156 valence electrons. The molecule has 1 aliphatic rings. The van der Waals surface area contributed by atoms with E-state index in [1.54, 1.807) is 0 Å². The number of H-pyrrole nitrogens is 1. The topological polar surface area (TPSA) is 58.2 Å². The van der Waals surface area contributed by atoms with Crippen LogP contribution < -0.4 is 4.74 Å². The zero-order chi connectivity index (χ0) is 21.3. The minimum atomic E-state index is -0.562. The molecule has 0 radical (unpaired) electrons. The average molecular weight is 424 g/mol. The number of aromatic amines is 1. The van der Waals surface area contributed by atoms with Gasteiger partial charge in [-0.3, -0.25) is 9.89 Å². The second-order valence-electron chi connectivity index (χ2n) is 8.00. The predicted octanol–water partition coefficient (Wildman–Crippen LogP) is 5.21. The third-order valence-corrected chi connectivity index (χ3v) is 5.77. The first-order valence-corrected chi connectivity index (χ1v) is 10.7. The van der Waals surface area contributed by atoms with Crippen LogP contribution in [0.3, 0.4) is 0 Å². The Labute approximate surface area is 182 Å². The van der Waals surface area contributed by atoms with Gasteiger partial charge in [0.05, 0.1) is 5.69 Å². The molecule has 4 rings (SSSR count). The summed E-state index contributed by atoms with van der Waals surface area (Å²) in [4.78, 5) is 15.0. The van der Waals surface area contributed by atoms with E-state index in [1.807, 2.05) is 60.4 Å². The van der Waals surface area contributed by atoms with Crippen LogP contribution in [0.15, 0.2) is 48.5 Å². The SMILES string of the molecule is CC(Oc1ccccc1C(C)C)C(=O)N1CCc2[nH]nc(-c3cccc(Cl)c3)c2C1. The number of ether oxygens (including phenoxy) is 1. The Bertz CT molecular complexity index is 1060. The normalized spacial score (nSPS) is 14.5. The Hall–Kier alpha value is -2.79. The van der Waals surface area contributed by atoms with E-state index in [4.69, 9.17) is 16.3 Å². The molecule has 3 aromatic rings. The van der Waals surface area contributed by atoms with Crippen LogP contribution in [0.1, 0.15) is 43.5 Å². The molecule has 1 aliphatic heterocycles. The van der Waals surface area contributed by atoms with Gasteiger partial charge in [0, 0.05) is 41.4 Å². The molecule has 0 saturated heterocycles. The molecule has 0 saturated carbocycles. The summed E-state index contributed by atoms with van der Waals surface area (Å²) in [6.45, 7) is 7.21. The van der Waals surface area contributed by atoms with Crippen molar-refractivity contribution in [2.75, 3.05) is 6.54 Å². The highest BCUT2D eigenvalue weighted by atomic mass is 35.5. The molecule has 1 aromatic heterocycles. The van der Waals surface area contributed by atoms with Gasteiger partial charge in [-0.05, 0) is 36.6 Å². The summed E-state index contributed by atoms with van der Waals surface area (Å²) in [7, 11) is 0. The molecule has 0 bridgehead atoms. The molecular formula is C24H26ClN3O2. The van der Waals surface area contributed by atoms with Gasteiger partial charge in [-0.1, -0.05) is 55.8 Å². The van der Waals surface area contributed by atoms with Gasteiger partial charge < -0.3 is 9.64 Å². The van der Waals surface area contributed by atoms with E-state index >= 15 is 0 Å². The van der Waals surface area contributed by atoms with E-state index in [0.29, 0.717) is 24.0 Å². The van der Waals surface area contributed by atoms with Gasteiger partial charge in [-0.15, -0.1) is 0 Å². The summed E-state index contributed by atoms with van der Waals surface area (Å²) >= 11 is 6.16. The molecule has 1 amide bonds. The third-order valence-electron chi connectivity index (χ3n) is 5.54. The first-order chi connectivity index (χ1) is 14.4. The van der Waals surface area contributed by atoms with Gasteiger partial charge in [-0.25, -0.2) is 0 Å². The van der Waals surface area contributed by atoms with E-state index in [1.165, 1.54) is 0 Å². The summed E-state index contributed by atoms with van der Waals surface area (Å²) in [5.74, 6) is 1.08. The maximum absolute atomic E-state index is 13.2.